The molecule has 0 unspecified atom stereocenters. The quantitative estimate of drug-likeness (QED) is 0.721. The summed E-state index contributed by atoms with van der Waals surface area (Å²) in [5.41, 5.74) is 1.81. The van der Waals surface area contributed by atoms with Crippen molar-refractivity contribution < 1.29 is 18.3 Å². The summed E-state index contributed by atoms with van der Waals surface area (Å²) in [6.45, 7) is 0. The Hall–Kier alpha value is -2.77. The van der Waals surface area contributed by atoms with E-state index in [1.54, 1.807) is 12.3 Å². The van der Waals surface area contributed by atoms with Crippen LogP contribution in [0.1, 0.15) is 23.2 Å². The molecule has 0 aliphatic heterocycles. The minimum atomic E-state index is -3.77. The Balaban J connectivity index is 1.92. The van der Waals surface area contributed by atoms with Gasteiger partial charge < -0.3 is 5.11 Å². The lowest BCUT2D eigenvalue weighted by molar-refractivity contribution is 0.0696. The lowest BCUT2D eigenvalue weighted by atomic mass is 10.00. The molecule has 2 aromatic carbocycles. The van der Waals surface area contributed by atoms with E-state index in [9.17, 15) is 18.3 Å². The van der Waals surface area contributed by atoms with E-state index in [1.165, 1.54) is 18.2 Å². The number of carboxylic acid groups (broad SMARTS) is 1. The highest BCUT2D eigenvalue weighted by molar-refractivity contribution is 7.89. The minimum absolute atomic E-state index is 0.0489. The van der Waals surface area contributed by atoms with Crippen molar-refractivity contribution in [1.82, 2.24) is 9.71 Å². The van der Waals surface area contributed by atoms with Crippen molar-refractivity contribution in [3.05, 3.63) is 60.3 Å². The molecule has 3 aromatic rings. The van der Waals surface area contributed by atoms with Gasteiger partial charge in [-0.15, -0.1) is 0 Å². The summed E-state index contributed by atoms with van der Waals surface area (Å²) in [6, 6.07) is 13.4. The van der Waals surface area contributed by atoms with Crippen molar-refractivity contribution in [3.63, 3.8) is 0 Å². The number of carbonyl (C=O) groups is 1. The van der Waals surface area contributed by atoms with Gasteiger partial charge in [-0.25, -0.2) is 17.9 Å². The predicted molar refractivity (Wildman–Crippen MR) is 97.5 cm³/mol. The summed E-state index contributed by atoms with van der Waals surface area (Å²) in [4.78, 5) is 15.9. The van der Waals surface area contributed by atoms with Crippen LogP contribution in [0.2, 0.25) is 0 Å². The van der Waals surface area contributed by atoms with E-state index in [1.807, 2.05) is 24.3 Å². The van der Waals surface area contributed by atoms with Gasteiger partial charge in [0.2, 0.25) is 10.0 Å². The summed E-state index contributed by atoms with van der Waals surface area (Å²) in [5, 5.41) is 10.3. The number of nitrogens with zero attached hydrogens (tertiary/aromatic N) is 1. The van der Waals surface area contributed by atoms with Gasteiger partial charge in [-0.1, -0.05) is 24.3 Å². The number of hydrogen-bond acceptors (Lipinski definition) is 4. The number of pyridine rings is 1. The highest BCUT2D eigenvalue weighted by Gasteiger charge is 2.29. The number of aromatic nitrogens is 1. The van der Waals surface area contributed by atoms with Gasteiger partial charge in [0, 0.05) is 23.2 Å². The van der Waals surface area contributed by atoms with Gasteiger partial charge >= 0.3 is 5.97 Å². The fourth-order valence-corrected chi connectivity index (χ4v) is 4.23. The lowest BCUT2D eigenvalue weighted by Crippen LogP contribution is -2.26. The molecular weight excluding hydrogens is 352 g/mol. The van der Waals surface area contributed by atoms with Crippen molar-refractivity contribution in [3.8, 4) is 11.1 Å². The van der Waals surface area contributed by atoms with Crippen LogP contribution in [0.3, 0.4) is 0 Å². The predicted octanol–water partition coefficient (Wildman–Crippen LogP) is 3.04. The number of sulfonamides is 1. The van der Waals surface area contributed by atoms with Crippen molar-refractivity contribution in [2.75, 3.05) is 0 Å². The fourth-order valence-electron chi connectivity index (χ4n) is 2.86. The maximum atomic E-state index is 12.6. The van der Waals surface area contributed by atoms with Crippen molar-refractivity contribution in [2.24, 2.45) is 0 Å². The van der Waals surface area contributed by atoms with E-state index in [0.717, 1.165) is 18.2 Å². The van der Waals surface area contributed by atoms with Crippen LogP contribution in [0.25, 0.3) is 22.0 Å². The first kappa shape index (κ1) is 16.7. The van der Waals surface area contributed by atoms with Crippen LogP contribution in [0.5, 0.6) is 0 Å². The number of hydrogen-bond donors (Lipinski definition) is 2. The second-order valence-electron chi connectivity index (χ2n) is 6.33. The summed E-state index contributed by atoms with van der Waals surface area (Å²) >= 11 is 0. The van der Waals surface area contributed by atoms with Crippen LogP contribution in [0, 0.1) is 0 Å². The minimum Gasteiger partial charge on any atom is -0.478 e. The van der Waals surface area contributed by atoms with E-state index in [4.69, 9.17) is 0 Å². The van der Waals surface area contributed by atoms with Crippen LogP contribution in [0.15, 0.2) is 59.6 Å². The molecule has 6 nitrogen and oxygen atoms in total. The monoisotopic (exact) mass is 368 g/mol. The SMILES string of the molecule is O=C(O)c1cc(-c2cccc3cccnc23)cc(S(=O)(=O)NC2CC2)c1. The molecule has 0 radical (unpaired) electrons. The third-order valence-electron chi connectivity index (χ3n) is 4.31. The standard InChI is InChI=1S/C19H16N2O4S/c22-19(23)14-9-13(10-16(11-14)26(24,25)21-15-6-7-15)17-5-1-3-12-4-2-8-20-18(12)17/h1-5,8-11,15,21H,6-7H2,(H,22,23). The first-order chi connectivity index (χ1) is 12.4. The molecule has 1 saturated carbocycles. The molecule has 1 aliphatic rings. The Morgan fingerprint density at radius 3 is 2.62 bits per heavy atom. The normalized spacial score (nSPS) is 14.5. The molecule has 1 heterocycles. The maximum absolute atomic E-state index is 12.6. The number of rotatable bonds is 5. The average molecular weight is 368 g/mol. The molecule has 132 valence electrons. The first-order valence-corrected chi connectivity index (χ1v) is 9.67. The Labute approximate surface area is 150 Å². The molecule has 1 aromatic heterocycles. The van der Waals surface area contributed by atoms with Crippen molar-refractivity contribution in [2.45, 2.75) is 23.8 Å². The number of nitrogens with one attached hydrogen (secondary N) is 1. The molecule has 0 spiro atoms. The second kappa shape index (κ2) is 6.19. The molecule has 2 N–H and O–H groups in total. The molecule has 0 amide bonds. The average Bonchev–Trinajstić information content (AvgIpc) is 3.44. The van der Waals surface area contributed by atoms with Gasteiger partial charge in [-0.05, 0) is 42.7 Å². The molecule has 26 heavy (non-hydrogen) atoms. The Kier molecular flexibility index (Phi) is 3.97. The fraction of sp³-hybridized carbons (Fsp3) is 0.158. The van der Waals surface area contributed by atoms with E-state index < -0.39 is 16.0 Å². The highest BCUT2D eigenvalue weighted by atomic mass is 32.2. The van der Waals surface area contributed by atoms with Gasteiger partial charge in [0.05, 0.1) is 16.0 Å². The van der Waals surface area contributed by atoms with Gasteiger partial charge in [-0.2, -0.15) is 0 Å². The van der Waals surface area contributed by atoms with Crippen LogP contribution < -0.4 is 4.72 Å². The van der Waals surface area contributed by atoms with Crippen molar-refractivity contribution in [1.29, 1.82) is 0 Å². The number of aromatic carboxylic acids is 1. The summed E-state index contributed by atoms with van der Waals surface area (Å²) in [5.74, 6) is -1.18. The van der Waals surface area contributed by atoms with Crippen LogP contribution in [0.4, 0.5) is 0 Å². The zero-order chi connectivity index (χ0) is 18.3. The zero-order valence-electron chi connectivity index (χ0n) is 13.7. The third kappa shape index (κ3) is 3.18. The summed E-state index contributed by atoms with van der Waals surface area (Å²) in [7, 11) is -3.77. The number of carboxylic acids is 1. The second-order valence-corrected chi connectivity index (χ2v) is 8.04. The third-order valence-corrected chi connectivity index (χ3v) is 5.81. The molecule has 4 rings (SSSR count). The van der Waals surface area contributed by atoms with E-state index in [-0.39, 0.29) is 16.5 Å². The molecular formula is C19H16N2O4S. The van der Waals surface area contributed by atoms with E-state index in [2.05, 4.69) is 9.71 Å². The smallest absolute Gasteiger partial charge is 0.335 e. The zero-order valence-corrected chi connectivity index (χ0v) is 14.5. The van der Waals surface area contributed by atoms with Crippen molar-refractivity contribution >= 4 is 26.9 Å². The van der Waals surface area contributed by atoms with E-state index >= 15 is 0 Å². The topological polar surface area (TPSA) is 96.4 Å². The van der Waals surface area contributed by atoms with Crippen LogP contribution >= 0.6 is 0 Å². The van der Waals surface area contributed by atoms with Gasteiger partial charge in [0.1, 0.15) is 0 Å². The van der Waals surface area contributed by atoms with Gasteiger partial charge in [0.25, 0.3) is 0 Å². The molecule has 1 fully saturated rings. The maximum Gasteiger partial charge on any atom is 0.335 e. The molecule has 0 saturated heterocycles. The van der Waals surface area contributed by atoms with Crippen LogP contribution in [-0.2, 0) is 10.0 Å². The highest BCUT2D eigenvalue weighted by Crippen LogP contribution is 2.31. The summed E-state index contributed by atoms with van der Waals surface area (Å²) < 4.78 is 27.8. The van der Waals surface area contributed by atoms with Crippen LogP contribution in [-0.4, -0.2) is 30.5 Å². The lowest BCUT2D eigenvalue weighted by Gasteiger charge is -2.11. The molecule has 0 atom stereocenters. The first-order valence-electron chi connectivity index (χ1n) is 8.19. The molecule has 1 aliphatic carbocycles. The summed E-state index contributed by atoms with van der Waals surface area (Å²) in [6.07, 6.45) is 3.26. The van der Waals surface area contributed by atoms with E-state index in [0.29, 0.717) is 16.6 Å². The molecule has 7 heteroatoms. The molecule has 0 bridgehead atoms. The number of fused-ring (bicyclic) bond motifs is 1. The number of para-hydroxylation sites is 1. The Morgan fingerprint density at radius 1 is 1.12 bits per heavy atom. The Bertz CT molecular complexity index is 1120. The Morgan fingerprint density at radius 2 is 1.88 bits per heavy atom. The van der Waals surface area contributed by atoms with Gasteiger partial charge in [0.15, 0.2) is 0 Å². The van der Waals surface area contributed by atoms with Gasteiger partial charge in [-0.3, -0.25) is 4.98 Å². The number of benzene rings is 2. The largest absolute Gasteiger partial charge is 0.478 e.